The van der Waals surface area contributed by atoms with Gasteiger partial charge in [-0.2, -0.15) is 0 Å². The highest BCUT2D eigenvalue weighted by Gasteiger charge is 2.23. The van der Waals surface area contributed by atoms with E-state index >= 15 is 0 Å². The highest BCUT2D eigenvalue weighted by molar-refractivity contribution is 5.85. The molecule has 1 aromatic carbocycles. The predicted molar refractivity (Wildman–Crippen MR) is 68.4 cm³/mol. The molecule has 84 valence electrons. The van der Waals surface area contributed by atoms with Gasteiger partial charge >= 0.3 is 0 Å². The van der Waals surface area contributed by atoms with Gasteiger partial charge in [-0.1, -0.05) is 30.3 Å². The van der Waals surface area contributed by atoms with Gasteiger partial charge in [-0.05, 0) is 17.4 Å². The molecule has 1 aromatic heterocycles. The molecule has 1 fully saturated rings. The number of rotatable bonds is 0. The summed E-state index contributed by atoms with van der Waals surface area (Å²) in [6.45, 7) is 0.918. The zero-order chi connectivity index (χ0) is 11.2. The number of hydrazine groups is 1. The lowest BCUT2D eigenvalue weighted by atomic mass is 9.95. The molecule has 2 N–H and O–H groups in total. The van der Waals surface area contributed by atoms with E-state index in [1.165, 1.54) is 21.6 Å². The second-order valence-electron chi connectivity index (χ2n) is 4.62. The number of hydrogen-bond donors (Lipinski definition) is 2. The lowest BCUT2D eigenvalue weighted by Crippen LogP contribution is -2.39. The van der Waals surface area contributed by atoms with Crippen molar-refractivity contribution in [3.63, 3.8) is 0 Å². The Morgan fingerprint density at radius 3 is 3.18 bits per heavy atom. The van der Waals surface area contributed by atoms with Crippen LogP contribution in [0, 0.1) is 0 Å². The molecule has 2 aromatic rings. The molecule has 1 aliphatic carbocycles. The number of nitrogens with one attached hydrogen (secondary N) is 2. The van der Waals surface area contributed by atoms with E-state index in [1.54, 1.807) is 0 Å². The van der Waals surface area contributed by atoms with E-state index in [4.69, 9.17) is 0 Å². The summed E-state index contributed by atoms with van der Waals surface area (Å²) in [7, 11) is 0. The molecule has 1 atom stereocenters. The van der Waals surface area contributed by atoms with Gasteiger partial charge in [0.1, 0.15) is 0 Å². The van der Waals surface area contributed by atoms with Crippen molar-refractivity contribution in [1.29, 1.82) is 0 Å². The van der Waals surface area contributed by atoms with E-state index in [0.717, 1.165) is 18.3 Å². The highest BCUT2D eigenvalue weighted by atomic mass is 15.4. The fourth-order valence-corrected chi connectivity index (χ4v) is 2.84. The van der Waals surface area contributed by atoms with E-state index in [9.17, 15) is 0 Å². The van der Waals surface area contributed by atoms with Crippen molar-refractivity contribution in [3.8, 4) is 0 Å². The Balaban J connectivity index is 2.26. The summed E-state index contributed by atoms with van der Waals surface area (Å²) in [5.41, 5.74) is 8.00. The van der Waals surface area contributed by atoms with Crippen LogP contribution in [0.5, 0.6) is 0 Å². The van der Waals surface area contributed by atoms with Gasteiger partial charge in [-0.15, -0.1) is 0 Å². The number of fused-ring (bicyclic) bond motifs is 4. The second-order valence-corrected chi connectivity index (χ2v) is 4.62. The van der Waals surface area contributed by atoms with Gasteiger partial charge in [0.25, 0.3) is 0 Å². The van der Waals surface area contributed by atoms with Crippen LogP contribution in [0.3, 0.4) is 0 Å². The Hall–Kier alpha value is -1.71. The Kier molecular flexibility index (Phi) is 1.86. The van der Waals surface area contributed by atoms with E-state index in [0.29, 0.717) is 6.04 Å². The van der Waals surface area contributed by atoms with Crippen molar-refractivity contribution >= 4 is 22.4 Å². The van der Waals surface area contributed by atoms with Crippen molar-refractivity contribution < 1.29 is 0 Å². The first kappa shape index (κ1) is 9.33. The molecular formula is C14H13N3. The Morgan fingerprint density at radius 1 is 1.24 bits per heavy atom. The van der Waals surface area contributed by atoms with Gasteiger partial charge < -0.3 is 0 Å². The van der Waals surface area contributed by atoms with Crippen LogP contribution in [0.2, 0.25) is 0 Å². The molecule has 1 aliphatic heterocycles. The quantitative estimate of drug-likeness (QED) is 0.662. The molecule has 1 unspecified atom stereocenters. The number of hydrogen-bond acceptors (Lipinski definition) is 3. The second kappa shape index (κ2) is 3.39. The monoisotopic (exact) mass is 223 g/mol. The molecule has 2 heterocycles. The van der Waals surface area contributed by atoms with Crippen molar-refractivity contribution in [2.24, 2.45) is 0 Å². The lowest BCUT2D eigenvalue weighted by molar-refractivity contribution is 0.592. The normalized spacial score (nSPS) is 22.1. The zero-order valence-electron chi connectivity index (χ0n) is 9.40. The molecule has 1 saturated heterocycles. The first-order valence-electron chi connectivity index (χ1n) is 5.99. The van der Waals surface area contributed by atoms with Gasteiger partial charge in [0.2, 0.25) is 0 Å². The zero-order valence-corrected chi connectivity index (χ0v) is 9.40. The average Bonchev–Trinajstić information content (AvgIpc) is 2.86. The molecule has 2 aliphatic rings. The SMILES string of the molecule is C1=c2ncc3ccccc3c2=C2CNNC2C1. The average molecular weight is 223 g/mol. The van der Waals surface area contributed by atoms with Gasteiger partial charge in [0, 0.05) is 29.4 Å². The fourth-order valence-electron chi connectivity index (χ4n) is 2.84. The molecule has 17 heavy (non-hydrogen) atoms. The molecule has 3 heteroatoms. The van der Waals surface area contributed by atoms with Crippen LogP contribution in [0.4, 0.5) is 0 Å². The van der Waals surface area contributed by atoms with Crippen LogP contribution < -0.4 is 21.4 Å². The number of aromatic nitrogens is 1. The topological polar surface area (TPSA) is 37.0 Å². The maximum Gasteiger partial charge on any atom is 0.0669 e. The number of benzene rings is 1. The van der Waals surface area contributed by atoms with Crippen molar-refractivity contribution in [2.75, 3.05) is 6.54 Å². The number of nitrogens with zero attached hydrogens (tertiary/aromatic N) is 1. The summed E-state index contributed by atoms with van der Waals surface area (Å²) in [4.78, 5) is 4.58. The van der Waals surface area contributed by atoms with Gasteiger partial charge in [-0.3, -0.25) is 10.4 Å². The summed E-state index contributed by atoms with van der Waals surface area (Å²) < 4.78 is 0. The minimum Gasteiger partial charge on any atom is -0.256 e. The number of pyridine rings is 1. The van der Waals surface area contributed by atoms with Gasteiger partial charge in [0.05, 0.1) is 5.35 Å². The summed E-state index contributed by atoms with van der Waals surface area (Å²) in [5.74, 6) is 0. The minimum absolute atomic E-state index is 0.440. The van der Waals surface area contributed by atoms with Crippen molar-refractivity contribution in [1.82, 2.24) is 15.8 Å². The fraction of sp³-hybridized carbons (Fsp3) is 0.214. The van der Waals surface area contributed by atoms with Crippen LogP contribution in [0.25, 0.3) is 22.4 Å². The highest BCUT2D eigenvalue weighted by Crippen LogP contribution is 2.15. The minimum atomic E-state index is 0.440. The van der Waals surface area contributed by atoms with Gasteiger partial charge in [-0.25, -0.2) is 5.43 Å². The standard InChI is InChI=1S/C14H13N3/c1-2-4-10-9(3-1)7-15-13-6-5-12-11(14(10)13)8-16-17-12/h1-4,6-7,12,16-17H,5,8H2. The van der Waals surface area contributed by atoms with Crippen LogP contribution in [-0.4, -0.2) is 17.6 Å². The Labute approximate surface area is 98.8 Å². The van der Waals surface area contributed by atoms with Gasteiger partial charge in [0.15, 0.2) is 0 Å². The van der Waals surface area contributed by atoms with E-state index in [2.05, 4.69) is 46.2 Å². The molecule has 0 bridgehead atoms. The molecular weight excluding hydrogens is 210 g/mol. The predicted octanol–water partition coefficient (Wildman–Crippen LogP) is 0.0461. The third kappa shape index (κ3) is 1.27. The molecule has 0 spiro atoms. The van der Waals surface area contributed by atoms with Crippen LogP contribution in [0.15, 0.2) is 30.5 Å². The van der Waals surface area contributed by atoms with Crippen LogP contribution >= 0.6 is 0 Å². The first-order chi connectivity index (χ1) is 8.43. The Bertz CT molecular complexity index is 718. The van der Waals surface area contributed by atoms with E-state index in [1.807, 2.05) is 6.20 Å². The summed E-state index contributed by atoms with van der Waals surface area (Å²) in [6, 6.07) is 8.92. The summed E-state index contributed by atoms with van der Waals surface area (Å²) in [5, 5.41) is 5.01. The summed E-state index contributed by atoms with van der Waals surface area (Å²) >= 11 is 0. The maximum atomic E-state index is 4.58. The molecule has 4 rings (SSSR count). The lowest BCUT2D eigenvalue weighted by Gasteiger charge is -2.14. The maximum absolute atomic E-state index is 4.58. The third-order valence-corrected chi connectivity index (χ3v) is 3.67. The van der Waals surface area contributed by atoms with Crippen molar-refractivity contribution in [2.45, 2.75) is 12.5 Å². The Morgan fingerprint density at radius 2 is 2.18 bits per heavy atom. The van der Waals surface area contributed by atoms with E-state index < -0.39 is 0 Å². The van der Waals surface area contributed by atoms with E-state index in [-0.39, 0.29) is 0 Å². The van der Waals surface area contributed by atoms with Crippen LogP contribution in [-0.2, 0) is 0 Å². The van der Waals surface area contributed by atoms with Crippen LogP contribution in [0.1, 0.15) is 6.42 Å². The van der Waals surface area contributed by atoms with Crippen molar-refractivity contribution in [3.05, 3.63) is 41.0 Å². The molecule has 3 nitrogen and oxygen atoms in total. The molecule has 0 saturated carbocycles. The largest absolute Gasteiger partial charge is 0.256 e. The summed E-state index contributed by atoms with van der Waals surface area (Å²) in [6.07, 6.45) is 5.23. The third-order valence-electron chi connectivity index (χ3n) is 3.67. The smallest absolute Gasteiger partial charge is 0.0669 e. The first-order valence-corrected chi connectivity index (χ1v) is 5.99. The molecule has 0 amide bonds. The molecule has 0 radical (unpaired) electrons.